The van der Waals surface area contributed by atoms with Gasteiger partial charge in [-0.25, -0.2) is 0 Å². The van der Waals surface area contributed by atoms with E-state index in [4.69, 9.17) is 5.73 Å². The average molecular weight is 146 g/mol. The fraction of sp³-hybridized carbons (Fsp3) is 0.400. The smallest absolute Gasteiger partial charge is 0.235 e. The van der Waals surface area contributed by atoms with Gasteiger partial charge in [-0.2, -0.15) is 0 Å². The molecule has 0 fully saturated rings. The van der Waals surface area contributed by atoms with Crippen LogP contribution in [0.5, 0.6) is 0 Å². The lowest BCUT2D eigenvalue weighted by Gasteiger charge is -2.07. The summed E-state index contributed by atoms with van der Waals surface area (Å²) in [5, 5.41) is 2.67. The molecule has 0 saturated heterocycles. The lowest BCUT2D eigenvalue weighted by molar-refractivity contribution is -0.119. The molecule has 0 aliphatic carbocycles. The molecule has 4 heteroatoms. The van der Waals surface area contributed by atoms with Crippen molar-refractivity contribution >= 4 is 15.3 Å². The third-order valence-electron chi connectivity index (χ3n) is 0.947. The summed E-state index contributed by atoms with van der Waals surface area (Å²) in [6.07, 6.45) is 2.21. The van der Waals surface area contributed by atoms with E-state index >= 15 is 0 Å². The van der Waals surface area contributed by atoms with Crippen LogP contribution in [0.3, 0.4) is 0 Å². The number of rotatable bonds is 4. The van der Waals surface area contributed by atoms with E-state index in [1.807, 2.05) is 0 Å². The SMILES string of the molecule is C=CCC(NP)C(N)=O. The molecule has 0 aromatic rings. The Morgan fingerprint density at radius 3 is 2.67 bits per heavy atom. The van der Waals surface area contributed by atoms with Gasteiger partial charge in [0.15, 0.2) is 0 Å². The molecule has 2 atom stereocenters. The van der Waals surface area contributed by atoms with Crippen molar-refractivity contribution < 1.29 is 4.79 Å². The fourth-order valence-electron chi connectivity index (χ4n) is 0.433. The first-order valence-corrected chi connectivity index (χ1v) is 3.16. The predicted molar refractivity (Wildman–Crippen MR) is 40.6 cm³/mol. The number of carbonyl (C=O) groups excluding carboxylic acids is 1. The first-order chi connectivity index (χ1) is 4.22. The zero-order chi connectivity index (χ0) is 7.28. The first-order valence-electron chi connectivity index (χ1n) is 2.58. The number of nitrogens with two attached hydrogens (primary N) is 1. The van der Waals surface area contributed by atoms with Crippen molar-refractivity contribution in [1.29, 1.82) is 0 Å². The molecule has 2 unspecified atom stereocenters. The fourth-order valence-corrected chi connectivity index (χ4v) is 0.733. The van der Waals surface area contributed by atoms with Gasteiger partial charge in [-0.05, 0) is 6.42 Å². The molecule has 0 heterocycles. The Balaban J connectivity index is 3.67. The second-order valence-corrected chi connectivity index (χ2v) is 1.98. The summed E-state index contributed by atoms with van der Waals surface area (Å²) in [5.74, 6) is -0.357. The molecule has 0 aliphatic rings. The summed E-state index contributed by atoms with van der Waals surface area (Å²) in [7, 11) is 2.24. The molecule has 0 saturated carbocycles. The van der Waals surface area contributed by atoms with Crippen molar-refractivity contribution in [3.63, 3.8) is 0 Å². The number of primary amides is 1. The average Bonchev–Trinajstić information content (AvgIpc) is 1.82. The third-order valence-corrected chi connectivity index (χ3v) is 1.35. The van der Waals surface area contributed by atoms with Crippen LogP contribution in [0.25, 0.3) is 0 Å². The van der Waals surface area contributed by atoms with Crippen molar-refractivity contribution in [2.45, 2.75) is 12.5 Å². The Kier molecular flexibility index (Phi) is 4.28. The number of hydrogen-bond donors (Lipinski definition) is 2. The Bertz CT molecular complexity index is 116. The van der Waals surface area contributed by atoms with Gasteiger partial charge in [0.05, 0.1) is 6.04 Å². The second-order valence-electron chi connectivity index (χ2n) is 1.65. The highest BCUT2D eigenvalue weighted by Gasteiger charge is 2.08. The number of nitrogens with one attached hydrogen (secondary N) is 1. The van der Waals surface area contributed by atoms with E-state index in [2.05, 4.69) is 21.1 Å². The van der Waals surface area contributed by atoms with Crippen molar-refractivity contribution in [3.8, 4) is 0 Å². The zero-order valence-corrected chi connectivity index (χ0v) is 6.29. The Hall–Kier alpha value is -0.400. The predicted octanol–water partition coefficient (Wildman–Crippen LogP) is -0.204. The minimum absolute atomic E-state index is 0.299. The molecule has 0 rings (SSSR count). The maximum atomic E-state index is 10.4. The minimum atomic E-state index is -0.357. The van der Waals surface area contributed by atoms with Crippen LogP contribution in [0, 0.1) is 0 Å². The van der Waals surface area contributed by atoms with Gasteiger partial charge >= 0.3 is 0 Å². The standard InChI is InChI=1S/C5H11N2OP/c1-2-3-4(7-9)5(6)8/h2,4,7H,1,3,9H2,(H2,6,8). The molecule has 0 spiro atoms. The topological polar surface area (TPSA) is 55.1 Å². The number of hydrogen-bond acceptors (Lipinski definition) is 2. The largest absolute Gasteiger partial charge is 0.368 e. The maximum Gasteiger partial charge on any atom is 0.235 e. The maximum absolute atomic E-state index is 10.4. The van der Waals surface area contributed by atoms with Gasteiger partial charge in [-0.15, -0.1) is 6.58 Å². The van der Waals surface area contributed by atoms with E-state index in [9.17, 15) is 4.79 Å². The summed E-state index contributed by atoms with van der Waals surface area (Å²) in [6.45, 7) is 3.47. The van der Waals surface area contributed by atoms with Crippen LogP contribution in [0.2, 0.25) is 0 Å². The Labute approximate surface area is 56.9 Å². The van der Waals surface area contributed by atoms with Gasteiger partial charge in [0.1, 0.15) is 0 Å². The molecule has 0 bridgehead atoms. The van der Waals surface area contributed by atoms with Crippen molar-refractivity contribution in [2.24, 2.45) is 5.73 Å². The second kappa shape index (κ2) is 4.48. The Morgan fingerprint density at radius 1 is 2.00 bits per heavy atom. The van der Waals surface area contributed by atoms with Crippen LogP contribution >= 0.6 is 9.39 Å². The quantitative estimate of drug-likeness (QED) is 0.426. The molecule has 1 amide bonds. The van der Waals surface area contributed by atoms with Crippen LogP contribution in [0.15, 0.2) is 12.7 Å². The molecule has 52 valence electrons. The Morgan fingerprint density at radius 2 is 2.56 bits per heavy atom. The highest BCUT2D eigenvalue weighted by Crippen LogP contribution is 1.92. The molecule has 0 aliphatic heterocycles. The lowest BCUT2D eigenvalue weighted by Crippen LogP contribution is -2.35. The van der Waals surface area contributed by atoms with E-state index in [1.165, 1.54) is 0 Å². The molecule has 0 radical (unpaired) electrons. The number of amides is 1. The summed E-state index contributed by atoms with van der Waals surface area (Å²) in [4.78, 5) is 10.4. The number of carbonyl (C=O) groups is 1. The molecular formula is C5H11N2OP. The van der Waals surface area contributed by atoms with Gasteiger partial charge in [0.2, 0.25) is 5.91 Å². The molecular weight excluding hydrogens is 135 g/mol. The van der Waals surface area contributed by atoms with Gasteiger partial charge in [-0.1, -0.05) is 15.5 Å². The van der Waals surface area contributed by atoms with Crippen LogP contribution < -0.4 is 10.8 Å². The molecule has 3 N–H and O–H groups in total. The third kappa shape index (κ3) is 3.22. The summed E-state index contributed by atoms with van der Waals surface area (Å²) < 4.78 is 0. The van der Waals surface area contributed by atoms with E-state index < -0.39 is 0 Å². The van der Waals surface area contributed by atoms with E-state index in [-0.39, 0.29) is 11.9 Å². The van der Waals surface area contributed by atoms with Gasteiger partial charge in [0, 0.05) is 0 Å². The summed E-state index contributed by atoms with van der Waals surface area (Å²) >= 11 is 0. The molecule has 3 nitrogen and oxygen atoms in total. The summed E-state index contributed by atoms with van der Waals surface area (Å²) in [5.41, 5.74) is 4.97. The van der Waals surface area contributed by atoms with Crippen molar-refractivity contribution in [2.75, 3.05) is 0 Å². The van der Waals surface area contributed by atoms with E-state index in [0.29, 0.717) is 6.42 Å². The first kappa shape index (κ1) is 8.60. The van der Waals surface area contributed by atoms with E-state index in [0.717, 1.165) is 0 Å². The lowest BCUT2D eigenvalue weighted by atomic mass is 10.2. The summed E-state index contributed by atoms with van der Waals surface area (Å²) in [6, 6.07) is -0.299. The van der Waals surface area contributed by atoms with E-state index in [1.54, 1.807) is 6.08 Å². The van der Waals surface area contributed by atoms with Crippen LogP contribution in [-0.4, -0.2) is 11.9 Å². The van der Waals surface area contributed by atoms with Crippen molar-refractivity contribution in [3.05, 3.63) is 12.7 Å². The highest BCUT2D eigenvalue weighted by atomic mass is 31.0. The molecule has 0 aromatic heterocycles. The highest BCUT2D eigenvalue weighted by molar-refractivity contribution is 7.13. The van der Waals surface area contributed by atoms with Gasteiger partial charge < -0.3 is 5.73 Å². The molecule has 0 aromatic carbocycles. The van der Waals surface area contributed by atoms with Gasteiger partial charge in [0.25, 0.3) is 0 Å². The van der Waals surface area contributed by atoms with Crippen LogP contribution in [-0.2, 0) is 4.79 Å². The van der Waals surface area contributed by atoms with Crippen LogP contribution in [0.1, 0.15) is 6.42 Å². The van der Waals surface area contributed by atoms with Gasteiger partial charge in [-0.3, -0.25) is 9.88 Å². The zero-order valence-electron chi connectivity index (χ0n) is 5.13. The minimum Gasteiger partial charge on any atom is -0.368 e. The molecule has 9 heavy (non-hydrogen) atoms. The van der Waals surface area contributed by atoms with Crippen LogP contribution in [0.4, 0.5) is 0 Å². The normalized spacial score (nSPS) is 12.6. The monoisotopic (exact) mass is 146 g/mol. The van der Waals surface area contributed by atoms with Crippen molar-refractivity contribution in [1.82, 2.24) is 5.09 Å².